The molecule has 3 heteroatoms. The highest BCUT2D eigenvalue weighted by molar-refractivity contribution is 6.14. The number of hydrogen-bond acceptors (Lipinski definition) is 3. The predicted molar refractivity (Wildman–Crippen MR) is 68.4 cm³/mol. The molecule has 0 spiro atoms. The number of ketones is 1. The number of carbonyl (C=O) groups excluding carboxylic acids is 1. The van der Waals surface area contributed by atoms with Gasteiger partial charge in [-0.05, 0) is 23.8 Å². The van der Waals surface area contributed by atoms with Crippen molar-refractivity contribution < 1.29 is 4.79 Å². The van der Waals surface area contributed by atoms with Crippen molar-refractivity contribution in [3.05, 3.63) is 64.7 Å². The fraction of sp³-hybridized carbons (Fsp3) is 0.0667. The third-order valence-corrected chi connectivity index (χ3v) is 3.12. The summed E-state index contributed by atoms with van der Waals surface area (Å²) >= 11 is 0. The third-order valence-electron chi connectivity index (χ3n) is 3.12. The normalized spacial score (nSPS) is 12.7. The van der Waals surface area contributed by atoms with E-state index in [4.69, 9.17) is 5.26 Å². The highest BCUT2D eigenvalue weighted by Crippen LogP contribution is 2.26. The molecule has 0 fully saturated rings. The molecular formula is C15H10N2O. The molecule has 86 valence electrons. The lowest BCUT2D eigenvalue weighted by Gasteiger charge is -2.06. The monoisotopic (exact) mass is 234 g/mol. The first-order valence-electron chi connectivity index (χ1n) is 5.70. The molecule has 18 heavy (non-hydrogen) atoms. The van der Waals surface area contributed by atoms with Crippen LogP contribution in [0.25, 0.3) is 0 Å². The zero-order chi connectivity index (χ0) is 12.5. The van der Waals surface area contributed by atoms with E-state index in [1.54, 1.807) is 18.2 Å². The van der Waals surface area contributed by atoms with E-state index >= 15 is 0 Å². The van der Waals surface area contributed by atoms with Crippen molar-refractivity contribution in [3.8, 4) is 6.07 Å². The topological polar surface area (TPSA) is 52.9 Å². The van der Waals surface area contributed by atoms with Gasteiger partial charge in [-0.25, -0.2) is 0 Å². The van der Waals surface area contributed by atoms with Gasteiger partial charge in [-0.3, -0.25) is 4.79 Å². The Morgan fingerprint density at radius 1 is 1.11 bits per heavy atom. The van der Waals surface area contributed by atoms with Crippen molar-refractivity contribution in [1.29, 1.82) is 5.26 Å². The molecule has 0 unspecified atom stereocenters. The molecule has 0 bridgehead atoms. The Morgan fingerprint density at radius 2 is 1.94 bits per heavy atom. The van der Waals surface area contributed by atoms with Gasteiger partial charge in [0.2, 0.25) is 0 Å². The summed E-state index contributed by atoms with van der Waals surface area (Å²) in [6.07, 6.45) is 0. The Bertz CT molecular complexity index is 683. The number of rotatable bonds is 0. The second-order valence-corrected chi connectivity index (χ2v) is 4.21. The summed E-state index contributed by atoms with van der Waals surface area (Å²) in [4.78, 5) is 12.4. The smallest absolute Gasteiger partial charge is 0.195 e. The van der Waals surface area contributed by atoms with Crippen LogP contribution < -0.4 is 5.32 Å². The molecule has 0 radical (unpaired) electrons. The Labute approximate surface area is 105 Å². The molecular weight excluding hydrogens is 224 g/mol. The van der Waals surface area contributed by atoms with Crippen molar-refractivity contribution in [1.82, 2.24) is 0 Å². The molecule has 0 saturated carbocycles. The molecule has 2 aromatic rings. The van der Waals surface area contributed by atoms with Gasteiger partial charge in [0.25, 0.3) is 0 Å². The maximum absolute atomic E-state index is 12.4. The summed E-state index contributed by atoms with van der Waals surface area (Å²) in [5.41, 5.74) is 3.55. The van der Waals surface area contributed by atoms with E-state index in [1.807, 2.05) is 24.3 Å². The average Bonchev–Trinajstić information content (AvgIpc) is 2.57. The standard InChI is InChI=1S/C15H10N2O/c16-8-10-5-6-14-13(7-10)15(18)12-4-2-1-3-11(12)9-17-14/h1-7,17H,9H2. The number of nitrogens with one attached hydrogen (secondary N) is 1. The number of nitriles is 1. The van der Waals surface area contributed by atoms with E-state index in [9.17, 15) is 4.79 Å². The number of carbonyl (C=O) groups is 1. The molecule has 1 aliphatic rings. The Hall–Kier alpha value is -2.60. The summed E-state index contributed by atoms with van der Waals surface area (Å²) in [5.74, 6) is -0.0253. The summed E-state index contributed by atoms with van der Waals surface area (Å²) < 4.78 is 0. The van der Waals surface area contributed by atoms with Gasteiger partial charge in [0.1, 0.15) is 0 Å². The van der Waals surface area contributed by atoms with Crippen LogP contribution in [0.2, 0.25) is 0 Å². The van der Waals surface area contributed by atoms with Gasteiger partial charge < -0.3 is 5.32 Å². The van der Waals surface area contributed by atoms with Crippen LogP contribution in [0.3, 0.4) is 0 Å². The minimum Gasteiger partial charge on any atom is -0.380 e. The van der Waals surface area contributed by atoms with Crippen LogP contribution in [0.5, 0.6) is 0 Å². The van der Waals surface area contributed by atoms with E-state index in [1.165, 1.54) is 0 Å². The Morgan fingerprint density at radius 3 is 2.78 bits per heavy atom. The molecule has 1 heterocycles. The number of fused-ring (bicyclic) bond motifs is 2. The van der Waals surface area contributed by atoms with Crippen molar-refractivity contribution in [2.24, 2.45) is 0 Å². The van der Waals surface area contributed by atoms with Crippen molar-refractivity contribution in [3.63, 3.8) is 0 Å². The highest BCUT2D eigenvalue weighted by atomic mass is 16.1. The van der Waals surface area contributed by atoms with Crippen molar-refractivity contribution in [2.45, 2.75) is 6.54 Å². The summed E-state index contributed by atoms with van der Waals surface area (Å²) in [6.45, 7) is 0.626. The molecule has 0 aliphatic carbocycles. The van der Waals surface area contributed by atoms with Crippen LogP contribution in [-0.2, 0) is 6.54 Å². The lowest BCUT2D eigenvalue weighted by molar-refractivity contribution is 0.103. The largest absolute Gasteiger partial charge is 0.380 e. The molecule has 0 saturated heterocycles. The van der Waals surface area contributed by atoms with Crippen LogP contribution in [-0.4, -0.2) is 5.78 Å². The van der Waals surface area contributed by atoms with E-state index < -0.39 is 0 Å². The third kappa shape index (κ3) is 1.56. The van der Waals surface area contributed by atoms with E-state index in [0.717, 1.165) is 11.3 Å². The first-order chi connectivity index (χ1) is 8.79. The van der Waals surface area contributed by atoms with Gasteiger partial charge in [-0.1, -0.05) is 24.3 Å². The van der Waals surface area contributed by atoms with E-state index in [2.05, 4.69) is 11.4 Å². The minimum absolute atomic E-state index is 0.0253. The van der Waals surface area contributed by atoms with Crippen LogP contribution >= 0.6 is 0 Å². The van der Waals surface area contributed by atoms with Crippen LogP contribution in [0.15, 0.2) is 42.5 Å². The summed E-state index contributed by atoms with van der Waals surface area (Å²) in [6, 6.07) is 14.8. The zero-order valence-electron chi connectivity index (χ0n) is 9.60. The molecule has 3 nitrogen and oxygen atoms in total. The predicted octanol–water partition coefficient (Wildman–Crippen LogP) is 2.71. The molecule has 1 aliphatic heterocycles. The second kappa shape index (κ2) is 4.01. The Kier molecular flexibility index (Phi) is 2.35. The number of anilines is 1. The number of nitrogens with zero attached hydrogens (tertiary/aromatic N) is 1. The van der Waals surface area contributed by atoms with E-state index in [-0.39, 0.29) is 5.78 Å². The second-order valence-electron chi connectivity index (χ2n) is 4.21. The van der Waals surface area contributed by atoms with Crippen molar-refractivity contribution >= 4 is 11.5 Å². The summed E-state index contributed by atoms with van der Waals surface area (Å²) in [7, 11) is 0. The molecule has 0 aromatic heterocycles. The zero-order valence-corrected chi connectivity index (χ0v) is 9.60. The van der Waals surface area contributed by atoms with Crippen molar-refractivity contribution in [2.75, 3.05) is 5.32 Å². The fourth-order valence-corrected chi connectivity index (χ4v) is 2.19. The SMILES string of the molecule is N#Cc1ccc2c(c1)C(=O)c1ccccc1CN2. The highest BCUT2D eigenvalue weighted by Gasteiger charge is 2.20. The van der Waals surface area contributed by atoms with Gasteiger partial charge in [-0.2, -0.15) is 5.26 Å². The minimum atomic E-state index is -0.0253. The quantitative estimate of drug-likeness (QED) is 0.762. The lowest BCUT2D eigenvalue weighted by Crippen LogP contribution is -2.03. The molecule has 3 rings (SSSR count). The van der Waals surface area contributed by atoms with Gasteiger partial charge in [0.05, 0.1) is 11.6 Å². The Balaban J connectivity index is 2.21. The first-order valence-corrected chi connectivity index (χ1v) is 5.70. The van der Waals surface area contributed by atoms with Gasteiger partial charge in [0, 0.05) is 23.4 Å². The number of benzene rings is 2. The van der Waals surface area contributed by atoms with E-state index in [0.29, 0.717) is 23.2 Å². The summed E-state index contributed by atoms with van der Waals surface area (Å²) in [5, 5.41) is 12.1. The maximum atomic E-state index is 12.4. The molecule has 2 aromatic carbocycles. The molecule has 1 N–H and O–H groups in total. The first kappa shape index (κ1) is 10.5. The van der Waals surface area contributed by atoms with Crippen LogP contribution in [0, 0.1) is 11.3 Å². The number of hydrogen-bond donors (Lipinski definition) is 1. The van der Waals surface area contributed by atoms with Gasteiger partial charge >= 0.3 is 0 Å². The average molecular weight is 234 g/mol. The van der Waals surface area contributed by atoms with Crippen LogP contribution in [0.1, 0.15) is 27.0 Å². The van der Waals surface area contributed by atoms with Crippen LogP contribution in [0.4, 0.5) is 5.69 Å². The maximum Gasteiger partial charge on any atom is 0.195 e. The molecule has 0 atom stereocenters. The van der Waals surface area contributed by atoms with Gasteiger partial charge in [0.15, 0.2) is 5.78 Å². The fourth-order valence-electron chi connectivity index (χ4n) is 2.19. The van der Waals surface area contributed by atoms with Gasteiger partial charge in [-0.15, -0.1) is 0 Å². The lowest BCUT2D eigenvalue weighted by atomic mass is 9.98. The molecule has 0 amide bonds.